The molecule has 0 aromatic heterocycles. The molecule has 1 heterocycles. The van der Waals surface area contributed by atoms with E-state index >= 15 is 0 Å². The molecule has 1 saturated heterocycles. The van der Waals surface area contributed by atoms with Crippen LogP contribution in [0.15, 0.2) is 29.2 Å². The highest BCUT2D eigenvalue weighted by atomic mass is 32.2. The zero-order chi connectivity index (χ0) is 13.0. The van der Waals surface area contributed by atoms with Gasteiger partial charge in [-0.25, -0.2) is 0 Å². The van der Waals surface area contributed by atoms with Crippen molar-refractivity contribution in [2.75, 3.05) is 13.1 Å². The monoisotopic (exact) mass is 265 g/mol. The number of hydrogen-bond acceptors (Lipinski definition) is 3. The average molecular weight is 265 g/mol. The van der Waals surface area contributed by atoms with Crippen molar-refractivity contribution in [1.29, 1.82) is 0 Å². The number of amides is 1. The van der Waals surface area contributed by atoms with Crippen LogP contribution in [0.2, 0.25) is 0 Å². The van der Waals surface area contributed by atoms with Crippen molar-refractivity contribution < 1.29 is 9.90 Å². The molecular weight excluding hydrogens is 246 g/mol. The van der Waals surface area contributed by atoms with E-state index in [4.69, 9.17) is 0 Å². The Hall–Kier alpha value is -1.16. The number of likely N-dealkylation sites (tertiary alicyclic amines) is 1. The summed E-state index contributed by atoms with van der Waals surface area (Å²) in [4.78, 5) is 15.1. The van der Waals surface area contributed by atoms with Gasteiger partial charge in [0.05, 0.1) is 5.25 Å². The van der Waals surface area contributed by atoms with Crippen LogP contribution in [0.1, 0.15) is 26.2 Å². The van der Waals surface area contributed by atoms with Crippen molar-refractivity contribution in [3.05, 3.63) is 24.3 Å². The van der Waals surface area contributed by atoms with Crippen LogP contribution >= 0.6 is 11.8 Å². The number of nitrogens with zero attached hydrogens (tertiary/aromatic N) is 1. The van der Waals surface area contributed by atoms with Crippen molar-refractivity contribution in [2.45, 2.75) is 36.3 Å². The summed E-state index contributed by atoms with van der Waals surface area (Å²) < 4.78 is 0. The lowest BCUT2D eigenvalue weighted by molar-refractivity contribution is -0.131. The Morgan fingerprint density at radius 3 is 2.72 bits per heavy atom. The van der Waals surface area contributed by atoms with Crippen molar-refractivity contribution in [3.8, 4) is 5.75 Å². The van der Waals surface area contributed by atoms with Crippen LogP contribution in [-0.4, -0.2) is 34.3 Å². The predicted molar refractivity (Wildman–Crippen MR) is 73.9 cm³/mol. The molecule has 1 atom stereocenters. The zero-order valence-corrected chi connectivity index (χ0v) is 11.4. The first kappa shape index (κ1) is 13.3. The van der Waals surface area contributed by atoms with E-state index in [1.54, 1.807) is 18.2 Å². The third kappa shape index (κ3) is 3.42. The van der Waals surface area contributed by atoms with Gasteiger partial charge >= 0.3 is 0 Å². The third-order valence-electron chi connectivity index (χ3n) is 3.15. The molecule has 0 saturated carbocycles. The lowest BCUT2D eigenvalue weighted by atomic mass is 10.1. The number of rotatable bonds is 3. The second kappa shape index (κ2) is 6.14. The number of hydrogen-bond donors (Lipinski definition) is 1. The Kier molecular flexibility index (Phi) is 4.53. The van der Waals surface area contributed by atoms with Crippen LogP contribution in [-0.2, 0) is 4.79 Å². The zero-order valence-electron chi connectivity index (χ0n) is 10.6. The number of aromatic hydroxyl groups is 1. The highest BCUT2D eigenvalue weighted by Crippen LogP contribution is 2.27. The summed E-state index contributed by atoms with van der Waals surface area (Å²) in [7, 11) is 0. The molecule has 1 unspecified atom stereocenters. The Bertz CT molecular complexity index is 416. The summed E-state index contributed by atoms with van der Waals surface area (Å²) in [6.07, 6.45) is 3.47. The van der Waals surface area contributed by atoms with Crippen molar-refractivity contribution in [2.24, 2.45) is 0 Å². The Balaban J connectivity index is 1.94. The van der Waals surface area contributed by atoms with E-state index in [9.17, 15) is 9.90 Å². The number of carbonyl (C=O) groups excluding carboxylic acids is 1. The molecule has 0 bridgehead atoms. The largest absolute Gasteiger partial charge is 0.508 e. The maximum Gasteiger partial charge on any atom is 0.235 e. The lowest BCUT2D eigenvalue weighted by Gasteiger charge is -2.29. The van der Waals surface area contributed by atoms with E-state index in [0.29, 0.717) is 0 Å². The van der Waals surface area contributed by atoms with Gasteiger partial charge in [0.2, 0.25) is 5.91 Å². The summed E-state index contributed by atoms with van der Waals surface area (Å²) in [6, 6.07) is 7.06. The fourth-order valence-corrected chi connectivity index (χ4v) is 3.19. The van der Waals surface area contributed by atoms with Crippen molar-refractivity contribution >= 4 is 17.7 Å². The van der Waals surface area contributed by atoms with Crippen LogP contribution in [0, 0.1) is 0 Å². The third-order valence-corrected chi connectivity index (χ3v) is 4.23. The summed E-state index contributed by atoms with van der Waals surface area (Å²) in [6.45, 7) is 3.72. The average Bonchev–Trinajstić information content (AvgIpc) is 2.39. The molecule has 0 spiro atoms. The van der Waals surface area contributed by atoms with Gasteiger partial charge in [-0.3, -0.25) is 4.79 Å². The predicted octanol–water partition coefficient (Wildman–Crippen LogP) is 2.89. The van der Waals surface area contributed by atoms with Crippen molar-refractivity contribution in [1.82, 2.24) is 4.90 Å². The molecule has 1 N–H and O–H groups in total. The number of carbonyl (C=O) groups is 1. The molecular formula is C14H19NO2S. The summed E-state index contributed by atoms with van der Waals surface area (Å²) in [5.41, 5.74) is 0. The van der Waals surface area contributed by atoms with Gasteiger partial charge in [-0.05, 0) is 44.4 Å². The van der Waals surface area contributed by atoms with Crippen LogP contribution in [0.4, 0.5) is 0 Å². The molecule has 4 heteroatoms. The van der Waals surface area contributed by atoms with Crippen LogP contribution in [0.25, 0.3) is 0 Å². The molecule has 2 rings (SSSR count). The van der Waals surface area contributed by atoms with E-state index in [-0.39, 0.29) is 16.9 Å². The van der Waals surface area contributed by atoms with Crippen LogP contribution in [0.5, 0.6) is 5.75 Å². The first-order chi connectivity index (χ1) is 8.66. The Morgan fingerprint density at radius 1 is 1.33 bits per heavy atom. The minimum Gasteiger partial charge on any atom is -0.508 e. The van der Waals surface area contributed by atoms with Gasteiger partial charge in [0, 0.05) is 18.0 Å². The standard InChI is InChI=1S/C14H19NO2S/c1-11(14(17)15-8-3-2-4-9-15)18-13-7-5-6-12(16)10-13/h5-7,10-11,16H,2-4,8-9H2,1H3. The normalized spacial score (nSPS) is 17.5. The lowest BCUT2D eigenvalue weighted by Crippen LogP contribution is -2.40. The number of phenolic OH excluding ortho intramolecular Hbond substituents is 1. The Morgan fingerprint density at radius 2 is 2.06 bits per heavy atom. The number of thioether (sulfide) groups is 1. The van der Waals surface area contributed by atoms with E-state index in [1.807, 2.05) is 17.9 Å². The van der Waals surface area contributed by atoms with Crippen LogP contribution in [0.3, 0.4) is 0 Å². The molecule has 3 nitrogen and oxygen atoms in total. The van der Waals surface area contributed by atoms with Crippen LogP contribution < -0.4 is 0 Å². The molecule has 18 heavy (non-hydrogen) atoms. The molecule has 1 aliphatic rings. The summed E-state index contributed by atoms with van der Waals surface area (Å²) in [5.74, 6) is 0.459. The quantitative estimate of drug-likeness (QED) is 0.854. The number of benzene rings is 1. The number of piperidine rings is 1. The molecule has 1 fully saturated rings. The SMILES string of the molecule is CC(Sc1cccc(O)c1)C(=O)N1CCCCC1. The fraction of sp³-hybridized carbons (Fsp3) is 0.500. The van der Waals surface area contributed by atoms with Gasteiger partial charge in [0.1, 0.15) is 5.75 Å². The first-order valence-electron chi connectivity index (χ1n) is 6.41. The van der Waals surface area contributed by atoms with E-state index in [0.717, 1.165) is 30.8 Å². The second-order valence-corrected chi connectivity index (χ2v) is 6.06. The Labute approximate surface area is 112 Å². The van der Waals surface area contributed by atoms with E-state index < -0.39 is 0 Å². The first-order valence-corrected chi connectivity index (χ1v) is 7.29. The van der Waals surface area contributed by atoms with Gasteiger partial charge in [0.25, 0.3) is 0 Å². The van der Waals surface area contributed by atoms with Crippen molar-refractivity contribution in [3.63, 3.8) is 0 Å². The highest BCUT2D eigenvalue weighted by Gasteiger charge is 2.22. The summed E-state index contributed by atoms with van der Waals surface area (Å²) >= 11 is 1.51. The highest BCUT2D eigenvalue weighted by molar-refractivity contribution is 8.00. The minimum atomic E-state index is -0.0927. The maximum atomic E-state index is 12.2. The molecule has 1 amide bonds. The number of phenols is 1. The smallest absolute Gasteiger partial charge is 0.235 e. The molecule has 0 radical (unpaired) electrons. The molecule has 1 aromatic carbocycles. The fourth-order valence-electron chi connectivity index (χ4n) is 2.18. The van der Waals surface area contributed by atoms with Gasteiger partial charge < -0.3 is 10.0 Å². The van der Waals surface area contributed by atoms with Gasteiger partial charge in [0.15, 0.2) is 0 Å². The maximum absolute atomic E-state index is 12.2. The second-order valence-electron chi connectivity index (χ2n) is 4.64. The molecule has 0 aliphatic carbocycles. The van der Waals surface area contributed by atoms with Gasteiger partial charge in [-0.15, -0.1) is 11.8 Å². The minimum absolute atomic E-state index is 0.0927. The molecule has 1 aromatic rings. The summed E-state index contributed by atoms with van der Waals surface area (Å²) in [5, 5.41) is 9.31. The van der Waals surface area contributed by atoms with E-state index in [1.165, 1.54) is 18.2 Å². The topological polar surface area (TPSA) is 40.5 Å². The van der Waals surface area contributed by atoms with E-state index in [2.05, 4.69) is 0 Å². The molecule has 1 aliphatic heterocycles. The molecule has 98 valence electrons. The van der Waals surface area contributed by atoms with Gasteiger partial charge in [-0.2, -0.15) is 0 Å². The van der Waals surface area contributed by atoms with Gasteiger partial charge in [-0.1, -0.05) is 6.07 Å².